The van der Waals surface area contributed by atoms with E-state index in [1.807, 2.05) is 45.0 Å². The lowest BCUT2D eigenvalue weighted by molar-refractivity contribution is 0.0459. The minimum absolute atomic E-state index is 0.255. The number of esters is 1. The molecule has 1 N–H and O–H groups in total. The molecule has 0 aliphatic carbocycles. The van der Waals surface area contributed by atoms with E-state index in [4.69, 9.17) is 4.74 Å². The average Bonchev–Trinajstić information content (AvgIpc) is 2.52. The highest BCUT2D eigenvalue weighted by Crippen LogP contribution is 2.13. The van der Waals surface area contributed by atoms with Crippen LogP contribution in [0.1, 0.15) is 40.1 Å². The number of rotatable bonds is 5. The van der Waals surface area contributed by atoms with E-state index in [-0.39, 0.29) is 11.8 Å². The molecule has 0 unspecified atom stereocenters. The summed E-state index contributed by atoms with van der Waals surface area (Å²) >= 11 is 0. The van der Waals surface area contributed by atoms with Crippen LogP contribution in [0.5, 0.6) is 0 Å². The Bertz CT molecular complexity index is 707. The van der Waals surface area contributed by atoms with Crippen LogP contribution in [0.3, 0.4) is 0 Å². The molecular weight excluding hydrogens is 290 g/mol. The van der Waals surface area contributed by atoms with Crippen LogP contribution >= 0.6 is 0 Å². The van der Waals surface area contributed by atoms with Crippen LogP contribution in [-0.2, 0) is 4.74 Å². The van der Waals surface area contributed by atoms with E-state index in [0.29, 0.717) is 17.7 Å². The van der Waals surface area contributed by atoms with Gasteiger partial charge in [0, 0.05) is 11.3 Å². The second-order valence-electron chi connectivity index (χ2n) is 5.90. The summed E-state index contributed by atoms with van der Waals surface area (Å²) in [5.41, 5.74) is 2.59. The van der Waals surface area contributed by atoms with Crippen LogP contribution in [0.4, 0.5) is 5.69 Å². The second-order valence-corrected chi connectivity index (χ2v) is 5.90. The van der Waals surface area contributed by atoms with Gasteiger partial charge in [0.2, 0.25) is 0 Å². The lowest BCUT2D eigenvalue weighted by atomic mass is 10.1. The zero-order chi connectivity index (χ0) is 16.8. The molecule has 0 spiro atoms. The summed E-state index contributed by atoms with van der Waals surface area (Å²) in [7, 11) is 0. The maximum Gasteiger partial charge on any atom is 0.338 e. The average molecular weight is 311 g/mol. The van der Waals surface area contributed by atoms with Crippen LogP contribution < -0.4 is 5.32 Å². The first-order valence-electron chi connectivity index (χ1n) is 7.61. The topological polar surface area (TPSA) is 55.4 Å². The van der Waals surface area contributed by atoms with E-state index in [0.717, 1.165) is 11.3 Å². The summed E-state index contributed by atoms with van der Waals surface area (Å²) in [6.45, 7) is 6.26. The minimum atomic E-state index is -0.413. The number of anilines is 1. The largest absolute Gasteiger partial charge is 0.462 e. The third-order valence-corrected chi connectivity index (χ3v) is 3.18. The van der Waals surface area contributed by atoms with Crippen LogP contribution in [0.25, 0.3) is 0 Å². The molecule has 0 saturated heterocycles. The summed E-state index contributed by atoms with van der Waals surface area (Å²) in [6.07, 6.45) is 0. The highest BCUT2D eigenvalue weighted by atomic mass is 16.5. The summed E-state index contributed by atoms with van der Waals surface area (Å²) < 4.78 is 5.19. The number of carbonyl (C=O) groups excluding carboxylic acids is 2. The lowest BCUT2D eigenvalue weighted by Gasteiger charge is -2.09. The first kappa shape index (κ1) is 16.7. The smallest absolute Gasteiger partial charge is 0.338 e. The van der Waals surface area contributed by atoms with Crippen molar-refractivity contribution in [3.05, 3.63) is 65.2 Å². The number of nitrogens with one attached hydrogen (secondary N) is 1. The standard InChI is InChI=1S/C19H21NO3/c1-13(2)12-23-19(22)16-8-5-7-15(11-16)18(21)20-17-9-4-6-14(3)10-17/h4-11,13H,12H2,1-3H3,(H,20,21). The van der Waals surface area contributed by atoms with Crippen LogP contribution in [0.15, 0.2) is 48.5 Å². The molecule has 0 radical (unpaired) electrons. The van der Waals surface area contributed by atoms with E-state index in [9.17, 15) is 9.59 Å². The molecule has 0 fully saturated rings. The molecule has 0 heterocycles. The van der Waals surface area contributed by atoms with Crippen molar-refractivity contribution in [2.75, 3.05) is 11.9 Å². The van der Waals surface area contributed by atoms with Gasteiger partial charge in [0.05, 0.1) is 12.2 Å². The number of aryl methyl sites for hydroxylation is 1. The van der Waals surface area contributed by atoms with Crippen molar-refractivity contribution in [1.82, 2.24) is 0 Å². The van der Waals surface area contributed by atoms with Gasteiger partial charge in [-0.05, 0) is 48.7 Å². The first-order chi connectivity index (χ1) is 11.0. The van der Waals surface area contributed by atoms with Crippen molar-refractivity contribution in [2.24, 2.45) is 5.92 Å². The van der Waals surface area contributed by atoms with Gasteiger partial charge < -0.3 is 10.1 Å². The molecule has 23 heavy (non-hydrogen) atoms. The van der Waals surface area contributed by atoms with Crippen molar-refractivity contribution >= 4 is 17.6 Å². The number of hydrogen-bond acceptors (Lipinski definition) is 3. The Labute approximate surface area is 136 Å². The zero-order valence-corrected chi connectivity index (χ0v) is 13.6. The van der Waals surface area contributed by atoms with Crippen LogP contribution in [0, 0.1) is 12.8 Å². The quantitative estimate of drug-likeness (QED) is 0.847. The van der Waals surface area contributed by atoms with Crippen molar-refractivity contribution in [1.29, 1.82) is 0 Å². The molecule has 2 aromatic carbocycles. The number of ether oxygens (including phenoxy) is 1. The van der Waals surface area contributed by atoms with Gasteiger partial charge in [-0.1, -0.05) is 32.0 Å². The zero-order valence-electron chi connectivity index (χ0n) is 13.6. The Kier molecular flexibility index (Phi) is 5.52. The van der Waals surface area contributed by atoms with E-state index in [2.05, 4.69) is 5.32 Å². The van der Waals surface area contributed by atoms with Crippen molar-refractivity contribution in [3.8, 4) is 0 Å². The van der Waals surface area contributed by atoms with Gasteiger partial charge in [-0.3, -0.25) is 4.79 Å². The lowest BCUT2D eigenvalue weighted by Crippen LogP contribution is -2.14. The fraction of sp³-hybridized carbons (Fsp3) is 0.263. The Balaban J connectivity index is 2.09. The number of amides is 1. The molecule has 0 aliphatic rings. The maximum atomic E-state index is 12.3. The second kappa shape index (κ2) is 7.58. The number of benzene rings is 2. The minimum Gasteiger partial charge on any atom is -0.462 e. The summed E-state index contributed by atoms with van der Waals surface area (Å²) in [6, 6.07) is 14.1. The SMILES string of the molecule is Cc1cccc(NC(=O)c2cccc(C(=O)OCC(C)C)c2)c1. The van der Waals surface area contributed by atoms with Gasteiger partial charge >= 0.3 is 5.97 Å². The third-order valence-electron chi connectivity index (χ3n) is 3.18. The highest BCUT2D eigenvalue weighted by Gasteiger charge is 2.12. The van der Waals surface area contributed by atoms with Crippen molar-refractivity contribution in [3.63, 3.8) is 0 Å². The van der Waals surface area contributed by atoms with E-state index < -0.39 is 5.97 Å². The molecule has 2 aromatic rings. The maximum absolute atomic E-state index is 12.3. The molecule has 1 amide bonds. The number of hydrogen-bond donors (Lipinski definition) is 1. The first-order valence-corrected chi connectivity index (χ1v) is 7.61. The monoisotopic (exact) mass is 311 g/mol. The highest BCUT2D eigenvalue weighted by molar-refractivity contribution is 6.05. The molecule has 4 nitrogen and oxygen atoms in total. The van der Waals surface area contributed by atoms with Gasteiger partial charge in [-0.15, -0.1) is 0 Å². The van der Waals surface area contributed by atoms with E-state index in [1.54, 1.807) is 24.3 Å². The molecule has 0 aliphatic heterocycles. The predicted molar refractivity (Wildman–Crippen MR) is 90.7 cm³/mol. The summed E-state index contributed by atoms with van der Waals surface area (Å²) in [4.78, 5) is 24.3. The van der Waals surface area contributed by atoms with Gasteiger partial charge in [-0.2, -0.15) is 0 Å². The Morgan fingerprint density at radius 3 is 2.43 bits per heavy atom. The molecule has 4 heteroatoms. The van der Waals surface area contributed by atoms with Gasteiger partial charge in [-0.25, -0.2) is 4.79 Å². The summed E-state index contributed by atoms with van der Waals surface area (Å²) in [5.74, 6) is -0.398. The van der Waals surface area contributed by atoms with Crippen LogP contribution in [0.2, 0.25) is 0 Å². The predicted octanol–water partition coefficient (Wildman–Crippen LogP) is 4.06. The molecular formula is C19H21NO3. The Hall–Kier alpha value is -2.62. The van der Waals surface area contributed by atoms with Gasteiger partial charge in [0.25, 0.3) is 5.91 Å². The Morgan fingerprint density at radius 2 is 1.74 bits per heavy atom. The molecule has 120 valence electrons. The molecule has 2 rings (SSSR count). The molecule has 0 aromatic heterocycles. The van der Waals surface area contributed by atoms with Gasteiger partial charge in [0.1, 0.15) is 0 Å². The van der Waals surface area contributed by atoms with Crippen LogP contribution in [-0.4, -0.2) is 18.5 Å². The normalized spacial score (nSPS) is 10.4. The summed E-state index contributed by atoms with van der Waals surface area (Å²) in [5, 5.41) is 2.82. The Morgan fingerprint density at radius 1 is 1.04 bits per heavy atom. The van der Waals surface area contributed by atoms with Gasteiger partial charge in [0.15, 0.2) is 0 Å². The number of carbonyl (C=O) groups is 2. The third kappa shape index (κ3) is 4.95. The molecule has 0 saturated carbocycles. The van der Waals surface area contributed by atoms with E-state index in [1.165, 1.54) is 0 Å². The fourth-order valence-corrected chi connectivity index (χ4v) is 2.04. The molecule has 0 atom stereocenters. The van der Waals surface area contributed by atoms with Crippen molar-refractivity contribution in [2.45, 2.75) is 20.8 Å². The fourth-order valence-electron chi connectivity index (χ4n) is 2.04. The van der Waals surface area contributed by atoms with E-state index >= 15 is 0 Å². The molecule has 0 bridgehead atoms. The van der Waals surface area contributed by atoms with Crippen molar-refractivity contribution < 1.29 is 14.3 Å².